The zero-order valence-electron chi connectivity index (χ0n) is 23.3. The number of carbonyl (C=O) groups is 1. The monoisotopic (exact) mass is 657 g/mol. The molecule has 1 aromatic heterocycles. The number of para-hydroxylation sites is 1. The van der Waals surface area contributed by atoms with Crippen molar-refractivity contribution in [2.75, 3.05) is 34.6 Å². The summed E-state index contributed by atoms with van der Waals surface area (Å²) in [7, 11) is 1.40. The van der Waals surface area contributed by atoms with E-state index in [0.29, 0.717) is 28.1 Å². The van der Waals surface area contributed by atoms with E-state index in [1.165, 1.54) is 53.6 Å². The van der Waals surface area contributed by atoms with Gasteiger partial charge < -0.3 is 25.5 Å². The maximum atomic E-state index is 14.2. The molecule has 0 radical (unpaired) electrons. The van der Waals surface area contributed by atoms with Gasteiger partial charge in [0.05, 0.1) is 42.2 Å². The molecule has 228 valence electrons. The van der Waals surface area contributed by atoms with E-state index in [-0.39, 0.29) is 63.6 Å². The third-order valence-electron chi connectivity index (χ3n) is 6.80. The number of anilines is 4. The summed E-state index contributed by atoms with van der Waals surface area (Å²) in [5, 5.41) is 11.5. The molecule has 1 aliphatic rings. The Bertz CT molecular complexity index is 1780. The number of hydrogen-bond donors (Lipinski definition) is 2. The van der Waals surface area contributed by atoms with E-state index in [9.17, 15) is 19.5 Å². The Morgan fingerprint density at radius 2 is 1.84 bits per heavy atom. The minimum Gasteiger partial charge on any atom is -0.609 e. The number of urea groups is 1. The Morgan fingerprint density at radius 3 is 2.55 bits per heavy atom. The molecule has 0 spiro atoms. The molecule has 44 heavy (non-hydrogen) atoms. The van der Waals surface area contributed by atoms with Gasteiger partial charge in [-0.05, 0) is 11.6 Å². The molecule has 16 heteroatoms. The lowest BCUT2D eigenvalue weighted by Gasteiger charge is -2.37. The van der Waals surface area contributed by atoms with Gasteiger partial charge in [-0.2, -0.15) is 9.97 Å². The van der Waals surface area contributed by atoms with E-state index < -0.39 is 22.1 Å². The molecule has 13 nitrogen and oxygen atoms in total. The summed E-state index contributed by atoms with van der Waals surface area (Å²) in [5.41, 5.74) is 14.3. The SMILES string of the molecule is COc1cc(OCc2cccc(N)c2N)c(Cl)c(N2Cc3cnc([S+](C)[O-])nc3N(Cc3cccc([N+](=O)[O-])c3)C2=O)c1Cl. The molecule has 0 bridgehead atoms. The van der Waals surface area contributed by atoms with Gasteiger partial charge in [-0.15, -0.1) is 0 Å². The topological polar surface area (TPSA) is 186 Å². The molecule has 0 saturated carbocycles. The molecule has 2 heterocycles. The first kappa shape index (κ1) is 30.9. The van der Waals surface area contributed by atoms with E-state index in [4.69, 9.17) is 44.1 Å². The second kappa shape index (κ2) is 12.6. The van der Waals surface area contributed by atoms with Crippen LogP contribution in [0.15, 0.2) is 59.9 Å². The second-order valence-corrected chi connectivity index (χ2v) is 11.6. The van der Waals surface area contributed by atoms with Crippen molar-refractivity contribution in [2.24, 2.45) is 0 Å². The summed E-state index contributed by atoms with van der Waals surface area (Å²) in [6.45, 7) is -0.181. The lowest BCUT2D eigenvalue weighted by Crippen LogP contribution is -2.48. The van der Waals surface area contributed by atoms with Gasteiger partial charge in [0.1, 0.15) is 34.4 Å². The maximum absolute atomic E-state index is 14.2. The van der Waals surface area contributed by atoms with Crippen LogP contribution in [-0.4, -0.2) is 38.8 Å². The zero-order chi connectivity index (χ0) is 31.7. The van der Waals surface area contributed by atoms with Gasteiger partial charge in [0.15, 0.2) is 5.82 Å². The highest BCUT2D eigenvalue weighted by atomic mass is 35.5. The molecule has 1 aliphatic heterocycles. The summed E-state index contributed by atoms with van der Waals surface area (Å²) in [6.07, 6.45) is 2.87. The minimum absolute atomic E-state index is 0.00128. The highest BCUT2D eigenvalue weighted by Crippen LogP contribution is 2.48. The van der Waals surface area contributed by atoms with Crippen molar-refractivity contribution in [3.8, 4) is 11.5 Å². The van der Waals surface area contributed by atoms with Crippen molar-refractivity contribution in [2.45, 2.75) is 24.9 Å². The summed E-state index contributed by atoms with van der Waals surface area (Å²) in [6, 6.07) is 11.9. The first-order valence-electron chi connectivity index (χ1n) is 12.8. The van der Waals surface area contributed by atoms with Gasteiger partial charge in [-0.1, -0.05) is 47.5 Å². The average molecular weight is 659 g/mol. The standard InChI is InChI=1S/C28H25Cl2N7O6S/c1-42-20-10-21(43-14-16-6-4-8-19(31)24(16)32)23(30)25(22(20)29)35-13-17-11-33-27(44(2)41)34-26(17)36(28(35)38)12-15-5-3-7-18(9-15)37(39)40/h3-11H,12-14,31-32H2,1-2H3. The van der Waals surface area contributed by atoms with Crippen LogP contribution >= 0.6 is 23.2 Å². The Balaban J connectivity index is 1.59. The number of rotatable bonds is 9. The minimum atomic E-state index is -1.55. The van der Waals surface area contributed by atoms with Crippen molar-refractivity contribution < 1.29 is 23.7 Å². The second-order valence-electron chi connectivity index (χ2n) is 9.60. The molecule has 1 atom stereocenters. The van der Waals surface area contributed by atoms with E-state index >= 15 is 0 Å². The van der Waals surface area contributed by atoms with Gasteiger partial charge in [0.2, 0.25) is 0 Å². The van der Waals surface area contributed by atoms with Gasteiger partial charge in [0, 0.05) is 46.7 Å². The lowest BCUT2D eigenvalue weighted by atomic mass is 10.1. The number of nitro groups is 1. The number of methoxy groups -OCH3 is 1. The largest absolute Gasteiger partial charge is 0.609 e. The predicted molar refractivity (Wildman–Crippen MR) is 168 cm³/mol. The fourth-order valence-corrected chi connectivity index (χ4v) is 5.69. The van der Waals surface area contributed by atoms with Crippen LogP contribution < -0.4 is 30.7 Å². The molecule has 4 aromatic rings. The Kier molecular flexibility index (Phi) is 8.87. The van der Waals surface area contributed by atoms with Crippen LogP contribution in [0.4, 0.5) is 33.4 Å². The van der Waals surface area contributed by atoms with Crippen LogP contribution in [0.2, 0.25) is 10.0 Å². The normalized spacial score (nSPS) is 13.4. The Labute approximate surface area is 264 Å². The summed E-state index contributed by atoms with van der Waals surface area (Å²) < 4.78 is 23.7. The maximum Gasteiger partial charge on any atom is 0.344 e. The van der Waals surface area contributed by atoms with Crippen LogP contribution in [0.5, 0.6) is 11.5 Å². The molecule has 0 saturated heterocycles. The molecule has 3 aromatic carbocycles. The van der Waals surface area contributed by atoms with Crippen LogP contribution in [0, 0.1) is 10.1 Å². The fourth-order valence-electron chi connectivity index (χ4n) is 4.59. The quantitative estimate of drug-likeness (QED) is 0.0783. The van der Waals surface area contributed by atoms with Crippen molar-refractivity contribution in [1.29, 1.82) is 0 Å². The number of hydrogen-bond acceptors (Lipinski definition) is 10. The van der Waals surface area contributed by atoms with Gasteiger partial charge >= 0.3 is 11.2 Å². The summed E-state index contributed by atoms with van der Waals surface area (Å²) >= 11 is 12.1. The first-order valence-corrected chi connectivity index (χ1v) is 15.1. The Morgan fingerprint density at radius 1 is 1.11 bits per heavy atom. The number of nitrogen functional groups attached to an aromatic ring is 2. The van der Waals surface area contributed by atoms with Gasteiger partial charge in [0.25, 0.3) is 5.69 Å². The molecular weight excluding hydrogens is 633 g/mol. The number of non-ortho nitro benzene ring substituents is 1. The summed E-state index contributed by atoms with van der Waals surface area (Å²) in [5.74, 6) is 0.529. The number of benzene rings is 3. The fraction of sp³-hybridized carbons (Fsp3) is 0.179. The van der Waals surface area contributed by atoms with Gasteiger partial charge in [-0.25, -0.2) is 4.79 Å². The summed E-state index contributed by atoms with van der Waals surface area (Å²) in [4.78, 5) is 36.3. The van der Waals surface area contributed by atoms with Gasteiger partial charge in [-0.3, -0.25) is 19.9 Å². The molecule has 4 N–H and O–H groups in total. The molecule has 0 aliphatic carbocycles. The first-order chi connectivity index (χ1) is 21.0. The molecular formula is C28H25Cl2N7O6S. The van der Waals surface area contributed by atoms with Crippen molar-refractivity contribution in [3.05, 3.63) is 91.6 Å². The number of halogens is 2. The number of nitrogens with two attached hydrogens (primary N) is 2. The number of amides is 2. The third-order valence-corrected chi connectivity index (χ3v) is 8.24. The number of carbonyl (C=O) groups excluding carboxylic acids is 1. The number of nitro benzene ring substituents is 1. The van der Waals surface area contributed by atoms with Crippen molar-refractivity contribution in [3.63, 3.8) is 0 Å². The highest BCUT2D eigenvalue weighted by Gasteiger charge is 2.37. The lowest BCUT2D eigenvalue weighted by molar-refractivity contribution is -0.384. The zero-order valence-corrected chi connectivity index (χ0v) is 25.7. The number of aromatic nitrogens is 2. The van der Waals surface area contributed by atoms with E-state index in [1.54, 1.807) is 24.3 Å². The highest BCUT2D eigenvalue weighted by molar-refractivity contribution is 7.90. The number of fused-ring (bicyclic) bond motifs is 1. The number of ether oxygens (including phenoxy) is 2. The molecule has 0 fully saturated rings. The third kappa shape index (κ3) is 5.97. The van der Waals surface area contributed by atoms with Crippen molar-refractivity contribution >= 4 is 69.0 Å². The van der Waals surface area contributed by atoms with E-state index in [1.807, 2.05) is 0 Å². The van der Waals surface area contributed by atoms with Crippen LogP contribution in [0.3, 0.4) is 0 Å². The molecule has 5 rings (SSSR count). The van der Waals surface area contributed by atoms with Crippen molar-refractivity contribution in [1.82, 2.24) is 9.97 Å². The molecule has 1 unspecified atom stereocenters. The smallest absolute Gasteiger partial charge is 0.344 e. The predicted octanol–water partition coefficient (Wildman–Crippen LogP) is 5.33. The van der Waals surface area contributed by atoms with E-state index in [2.05, 4.69) is 9.97 Å². The Hall–Kier alpha value is -4.50. The van der Waals surface area contributed by atoms with Crippen LogP contribution in [-0.2, 0) is 30.9 Å². The number of nitrogens with zero attached hydrogens (tertiary/aromatic N) is 5. The average Bonchev–Trinajstić information content (AvgIpc) is 3.00. The van der Waals surface area contributed by atoms with E-state index in [0.717, 1.165) is 0 Å². The van der Waals surface area contributed by atoms with Crippen LogP contribution in [0.1, 0.15) is 16.7 Å². The molecule has 2 amide bonds. The van der Waals surface area contributed by atoms with Crippen LogP contribution in [0.25, 0.3) is 0 Å².